The van der Waals surface area contributed by atoms with E-state index in [2.05, 4.69) is 25.0 Å². The van der Waals surface area contributed by atoms with Gasteiger partial charge in [0, 0.05) is 11.3 Å². The molecule has 0 aliphatic carbocycles. The minimum Gasteiger partial charge on any atom is -0.497 e. The minimum atomic E-state index is -4.75. The van der Waals surface area contributed by atoms with Crippen LogP contribution in [0.2, 0.25) is 5.28 Å². The molecular weight excluding hydrogens is 385 g/mol. The molecule has 2 aromatic carbocycles. The van der Waals surface area contributed by atoms with Gasteiger partial charge in [-0.3, -0.25) is 0 Å². The van der Waals surface area contributed by atoms with E-state index < -0.39 is 6.36 Å². The van der Waals surface area contributed by atoms with Gasteiger partial charge < -0.3 is 14.8 Å². The Labute approximate surface area is 157 Å². The van der Waals surface area contributed by atoms with Gasteiger partial charge in [-0.05, 0) is 60.1 Å². The summed E-state index contributed by atoms with van der Waals surface area (Å²) in [5.41, 5.74) is 1.14. The summed E-state index contributed by atoms with van der Waals surface area (Å²) in [5.74, 6) is 0.821. The van der Waals surface area contributed by atoms with Gasteiger partial charge in [-0.2, -0.15) is 15.0 Å². The van der Waals surface area contributed by atoms with Crippen LogP contribution in [0.3, 0.4) is 0 Å². The van der Waals surface area contributed by atoms with Crippen molar-refractivity contribution >= 4 is 23.2 Å². The number of ether oxygens (including phenoxy) is 2. The number of benzene rings is 2. The van der Waals surface area contributed by atoms with E-state index in [0.29, 0.717) is 22.8 Å². The van der Waals surface area contributed by atoms with Gasteiger partial charge in [-0.25, -0.2) is 0 Å². The van der Waals surface area contributed by atoms with Gasteiger partial charge in [-0.15, -0.1) is 13.2 Å². The Morgan fingerprint density at radius 1 is 0.889 bits per heavy atom. The van der Waals surface area contributed by atoms with Crippen molar-refractivity contribution in [3.05, 3.63) is 53.8 Å². The van der Waals surface area contributed by atoms with E-state index in [-0.39, 0.29) is 17.0 Å². The van der Waals surface area contributed by atoms with E-state index in [1.54, 1.807) is 31.4 Å². The third-order valence-corrected chi connectivity index (χ3v) is 3.47. The van der Waals surface area contributed by atoms with Crippen molar-refractivity contribution < 1.29 is 22.6 Å². The topological polar surface area (TPSA) is 69.2 Å². The number of methoxy groups -OCH3 is 1. The number of halogens is 4. The number of alkyl halides is 3. The second kappa shape index (κ2) is 7.67. The van der Waals surface area contributed by atoms with Gasteiger partial charge in [-0.1, -0.05) is 0 Å². The zero-order valence-corrected chi connectivity index (χ0v) is 14.5. The molecule has 0 aliphatic rings. The number of hydrogen-bond donors (Lipinski definition) is 1. The maximum atomic E-state index is 12.2. The van der Waals surface area contributed by atoms with Crippen LogP contribution in [0, 0.1) is 0 Å². The number of aromatic nitrogens is 3. The lowest BCUT2D eigenvalue weighted by Gasteiger charge is -2.10. The summed E-state index contributed by atoms with van der Waals surface area (Å²) in [6.45, 7) is 0. The number of hydrogen-bond acceptors (Lipinski definition) is 6. The molecule has 0 radical (unpaired) electrons. The summed E-state index contributed by atoms with van der Waals surface area (Å²) in [4.78, 5) is 12.3. The molecule has 27 heavy (non-hydrogen) atoms. The molecule has 0 atom stereocenters. The Morgan fingerprint density at radius 3 is 2.11 bits per heavy atom. The molecule has 0 bridgehead atoms. The third-order valence-electron chi connectivity index (χ3n) is 3.30. The van der Waals surface area contributed by atoms with E-state index in [1.807, 2.05) is 0 Å². The summed E-state index contributed by atoms with van der Waals surface area (Å²) in [5, 5.41) is 2.83. The summed E-state index contributed by atoms with van der Waals surface area (Å²) >= 11 is 5.95. The van der Waals surface area contributed by atoms with Gasteiger partial charge in [0.15, 0.2) is 5.82 Å². The average molecular weight is 397 g/mol. The zero-order valence-electron chi connectivity index (χ0n) is 13.8. The third kappa shape index (κ3) is 5.20. The molecule has 1 aromatic heterocycles. The fourth-order valence-electron chi connectivity index (χ4n) is 2.14. The van der Waals surface area contributed by atoms with Crippen LogP contribution in [0.15, 0.2) is 48.5 Å². The fourth-order valence-corrected chi connectivity index (χ4v) is 2.30. The second-order valence-electron chi connectivity index (χ2n) is 5.18. The molecule has 1 heterocycles. The zero-order chi connectivity index (χ0) is 19.4. The van der Waals surface area contributed by atoms with Crippen molar-refractivity contribution in [2.45, 2.75) is 6.36 Å². The Kier molecular flexibility index (Phi) is 5.31. The summed E-state index contributed by atoms with van der Waals surface area (Å²) < 4.78 is 45.5. The SMILES string of the molecule is COc1ccc(-c2nc(Cl)nc(Nc3ccc(OC(F)(F)F)cc3)n2)cc1. The standard InChI is InChI=1S/C17H12ClF3N4O2/c1-26-12-6-2-10(3-7-12)14-23-15(18)25-16(24-14)22-11-4-8-13(9-5-11)27-17(19,20)21/h2-9H,1H3,(H,22,23,24,25). The lowest BCUT2D eigenvalue weighted by atomic mass is 10.2. The van der Waals surface area contributed by atoms with Crippen LogP contribution in [0.25, 0.3) is 11.4 Å². The summed E-state index contributed by atoms with van der Waals surface area (Å²) in [6.07, 6.45) is -4.75. The molecule has 0 unspecified atom stereocenters. The first-order valence-corrected chi connectivity index (χ1v) is 7.89. The van der Waals surface area contributed by atoms with E-state index >= 15 is 0 Å². The molecule has 0 fully saturated rings. The van der Waals surface area contributed by atoms with Crippen molar-refractivity contribution in [3.63, 3.8) is 0 Å². The normalized spacial score (nSPS) is 11.1. The van der Waals surface area contributed by atoms with Gasteiger partial charge in [0.05, 0.1) is 7.11 Å². The van der Waals surface area contributed by atoms with Crippen LogP contribution in [0.4, 0.5) is 24.8 Å². The maximum Gasteiger partial charge on any atom is 0.573 e. The van der Waals surface area contributed by atoms with E-state index in [9.17, 15) is 13.2 Å². The van der Waals surface area contributed by atoms with Crippen molar-refractivity contribution in [3.8, 4) is 22.9 Å². The smallest absolute Gasteiger partial charge is 0.497 e. The van der Waals surface area contributed by atoms with Crippen LogP contribution in [-0.2, 0) is 0 Å². The molecule has 140 valence electrons. The van der Waals surface area contributed by atoms with Crippen LogP contribution >= 0.6 is 11.6 Å². The van der Waals surface area contributed by atoms with Gasteiger partial charge in [0.2, 0.25) is 11.2 Å². The summed E-state index contributed by atoms with van der Waals surface area (Å²) in [6, 6.07) is 12.2. The molecule has 3 aromatic rings. The highest BCUT2D eigenvalue weighted by molar-refractivity contribution is 6.28. The van der Waals surface area contributed by atoms with Crippen molar-refractivity contribution in [2.24, 2.45) is 0 Å². The quantitative estimate of drug-likeness (QED) is 0.665. The monoisotopic (exact) mass is 396 g/mol. The Bertz CT molecular complexity index is 919. The average Bonchev–Trinajstić information content (AvgIpc) is 2.62. The first kappa shape index (κ1) is 18.7. The minimum absolute atomic E-state index is 0.0321. The molecule has 6 nitrogen and oxygen atoms in total. The number of nitrogens with one attached hydrogen (secondary N) is 1. The number of rotatable bonds is 5. The van der Waals surface area contributed by atoms with E-state index in [4.69, 9.17) is 16.3 Å². The number of nitrogens with zero attached hydrogens (tertiary/aromatic N) is 3. The highest BCUT2D eigenvalue weighted by atomic mass is 35.5. The van der Waals surface area contributed by atoms with Crippen molar-refractivity contribution in [1.29, 1.82) is 0 Å². The van der Waals surface area contributed by atoms with Crippen LogP contribution in [-0.4, -0.2) is 28.4 Å². The molecule has 1 N–H and O–H groups in total. The molecule has 0 amide bonds. The first-order valence-electron chi connectivity index (χ1n) is 7.51. The molecule has 0 spiro atoms. The molecule has 3 rings (SSSR count). The first-order chi connectivity index (χ1) is 12.8. The van der Waals surface area contributed by atoms with Gasteiger partial charge in [0.25, 0.3) is 0 Å². The predicted octanol–water partition coefficient (Wildman–Crippen LogP) is 4.84. The largest absolute Gasteiger partial charge is 0.573 e. The lowest BCUT2D eigenvalue weighted by molar-refractivity contribution is -0.274. The number of anilines is 2. The van der Waals surface area contributed by atoms with E-state index in [1.165, 1.54) is 24.3 Å². The molecular formula is C17H12ClF3N4O2. The Balaban J connectivity index is 1.79. The van der Waals surface area contributed by atoms with Gasteiger partial charge >= 0.3 is 6.36 Å². The summed E-state index contributed by atoms with van der Waals surface area (Å²) in [7, 11) is 1.56. The van der Waals surface area contributed by atoms with Gasteiger partial charge in [0.1, 0.15) is 11.5 Å². The fraction of sp³-hybridized carbons (Fsp3) is 0.118. The molecule has 0 saturated heterocycles. The van der Waals surface area contributed by atoms with Crippen LogP contribution < -0.4 is 14.8 Å². The lowest BCUT2D eigenvalue weighted by Crippen LogP contribution is -2.17. The van der Waals surface area contributed by atoms with E-state index in [0.717, 1.165) is 0 Å². The van der Waals surface area contributed by atoms with Crippen molar-refractivity contribution in [2.75, 3.05) is 12.4 Å². The molecule has 0 aliphatic heterocycles. The Morgan fingerprint density at radius 2 is 1.52 bits per heavy atom. The second-order valence-corrected chi connectivity index (χ2v) is 5.52. The Hall–Kier alpha value is -3.07. The van der Waals surface area contributed by atoms with Crippen molar-refractivity contribution in [1.82, 2.24) is 15.0 Å². The van der Waals surface area contributed by atoms with Crippen LogP contribution in [0.5, 0.6) is 11.5 Å². The maximum absolute atomic E-state index is 12.2. The van der Waals surface area contributed by atoms with Crippen LogP contribution in [0.1, 0.15) is 0 Å². The highest BCUT2D eigenvalue weighted by Crippen LogP contribution is 2.26. The molecule has 0 saturated carbocycles. The predicted molar refractivity (Wildman–Crippen MR) is 93.2 cm³/mol. The molecule has 10 heteroatoms. The highest BCUT2D eigenvalue weighted by Gasteiger charge is 2.30.